The Hall–Kier alpha value is -2.18. The van der Waals surface area contributed by atoms with Crippen molar-refractivity contribution in [3.8, 4) is 0 Å². The Morgan fingerprint density at radius 1 is 1.04 bits per heavy atom. The van der Waals surface area contributed by atoms with Gasteiger partial charge in [-0.15, -0.1) is 0 Å². The second-order valence-corrected chi connectivity index (χ2v) is 9.20. The standard InChI is InChI=1S/C22H28N2O3S/c1-3-18-12-14-19(15-13-18)17-23(2)22(25)21-11-7-8-16-24(21)28(26,27)20-9-5-4-6-10-20/h4-6,9-10,12-15,21H,3,7-8,11,16-17H2,1-2H3. The number of hydrogen-bond donors (Lipinski definition) is 0. The lowest BCUT2D eigenvalue weighted by molar-refractivity contribution is -0.135. The summed E-state index contributed by atoms with van der Waals surface area (Å²) in [5.74, 6) is -0.140. The third-order valence-electron chi connectivity index (χ3n) is 5.32. The molecule has 0 bridgehead atoms. The maximum absolute atomic E-state index is 13.1. The Morgan fingerprint density at radius 3 is 2.32 bits per heavy atom. The van der Waals surface area contributed by atoms with Crippen LogP contribution in [0.1, 0.15) is 37.3 Å². The zero-order chi connectivity index (χ0) is 20.1. The van der Waals surface area contributed by atoms with Crippen molar-refractivity contribution in [2.24, 2.45) is 0 Å². The smallest absolute Gasteiger partial charge is 0.243 e. The van der Waals surface area contributed by atoms with Crippen molar-refractivity contribution in [3.63, 3.8) is 0 Å². The highest BCUT2D eigenvalue weighted by Gasteiger charge is 2.38. The van der Waals surface area contributed by atoms with Gasteiger partial charge >= 0.3 is 0 Å². The highest BCUT2D eigenvalue weighted by molar-refractivity contribution is 7.89. The third kappa shape index (κ3) is 4.45. The molecule has 3 rings (SSSR count). The fraction of sp³-hybridized carbons (Fsp3) is 0.409. The lowest BCUT2D eigenvalue weighted by Gasteiger charge is -2.35. The minimum absolute atomic E-state index is 0.140. The van der Waals surface area contributed by atoms with E-state index < -0.39 is 16.1 Å². The number of aryl methyl sites for hydroxylation is 1. The van der Waals surface area contributed by atoms with E-state index in [1.165, 1.54) is 9.87 Å². The maximum Gasteiger partial charge on any atom is 0.243 e. The molecule has 0 aromatic heterocycles. The van der Waals surface area contributed by atoms with Crippen LogP contribution >= 0.6 is 0 Å². The number of benzene rings is 2. The van der Waals surface area contributed by atoms with Crippen LogP contribution in [0.5, 0.6) is 0 Å². The number of nitrogens with zero attached hydrogens (tertiary/aromatic N) is 2. The Bertz CT molecular complexity index is 895. The fourth-order valence-corrected chi connectivity index (χ4v) is 5.33. The van der Waals surface area contributed by atoms with Crippen molar-refractivity contribution < 1.29 is 13.2 Å². The van der Waals surface area contributed by atoms with Crippen molar-refractivity contribution in [1.82, 2.24) is 9.21 Å². The van der Waals surface area contributed by atoms with Crippen LogP contribution in [0.15, 0.2) is 59.5 Å². The first-order chi connectivity index (χ1) is 13.4. The van der Waals surface area contributed by atoms with Crippen molar-refractivity contribution in [1.29, 1.82) is 0 Å². The van der Waals surface area contributed by atoms with Crippen LogP contribution in [0.4, 0.5) is 0 Å². The molecule has 1 aliphatic rings. The Kier molecular flexibility index (Phi) is 6.52. The molecule has 0 N–H and O–H groups in total. The molecule has 0 saturated carbocycles. The summed E-state index contributed by atoms with van der Waals surface area (Å²) in [5.41, 5.74) is 2.30. The van der Waals surface area contributed by atoms with Crippen LogP contribution in [-0.2, 0) is 27.8 Å². The lowest BCUT2D eigenvalue weighted by Crippen LogP contribution is -2.51. The van der Waals surface area contributed by atoms with Gasteiger partial charge in [0.05, 0.1) is 4.90 Å². The summed E-state index contributed by atoms with van der Waals surface area (Å²) < 4.78 is 27.6. The minimum Gasteiger partial charge on any atom is -0.340 e. The first-order valence-corrected chi connectivity index (χ1v) is 11.3. The Labute approximate surface area is 168 Å². The van der Waals surface area contributed by atoms with E-state index in [2.05, 4.69) is 19.1 Å². The molecule has 1 aliphatic heterocycles. The fourth-order valence-electron chi connectivity index (χ4n) is 3.65. The van der Waals surface area contributed by atoms with Gasteiger partial charge in [-0.05, 0) is 42.5 Å². The molecule has 150 valence electrons. The molecule has 0 aliphatic carbocycles. The van der Waals surface area contributed by atoms with Gasteiger partial charge in [0.1, 0.15) is 6.04 Å². The topological polar surface area (TPSA) is 57.7 Å². The number of hydrogen-bond acceptors (Lipinski definition) is 3. The van der Waals surface area contributed by atoms with Crippen LogP contribution in [-0.4, -0.2) is 43.2 Å². The van der Waals surface area contributed by atoms with E-state index in [0.717, 1.165) is 24.8 Å². The highest BCUT2D eigenvalue weighted by atomic mass is 32.2. The molecule has 1 atom stereocenters. The summed E-state index contributed by atoms with van der Waals surface area (Å²) in [5, 5.41) is 0. The summed E-state index contributed by atoms with van der Waals surface area (Å²) >= 11 is 0. The summed E-state index contributed by atoms with van der Waals surface area (Å²) in [6, 6.07) is 15.9. The largest absolute Gasteiger partial charge is 0.340 e. The monoisotopic (exact) mass is 400 g/mol. The van der Waals surface area contributed by atoms with Crippen molar-refractivity contribution >= 4 is 15.9 Å². The van der Waals surface area contributed by atoms with Crippen molar-refractivity contribution in [2.75, 3.05) is 13.6 Å². The normalized spacial score (nSPS) is 18.0. The molecule has 0 radical (unpaired) electrons. The van der Waals surface area contributed by atoms with Gasteiger partial charge in [-0.25, -0.2) is 8.42 Å². The van der Waals surface area contributed by atoms with Crippen LogP contribution in [0.3, 0.4) is 0 Å². The second-order valence-electron chi connectivity index (χ2n) is 7.30. The second kappa shape index (κ2) is 8.88. The number of likely N-dealkylation sites (N-methyl/N-ethyl adjacent to an activating group) is 1. The average molecular weight is 401 g/mol. The van der Waals surface area contributed by atoms with E-state index in [-0.39, 0.29) is 10.8 Å². The number of carbonyl (C=O) groups is 1. The highest BCUT2D eigenvalue weighted by Crippen LogP contribution is 2.26. The van der Waals surface area contributed by atoms with Crippen LogP contribution in [0.2, 0.25) is 0 Å². The molecular formula is C22H28N2O3S. The van der Waals surface area contributed by atoms with E-state index >= 15 is 0 Å². The van der Waals surface area contributed by atoms with Gasteiger partial charge in [0.2, 0.25) is 15.9 Å². The molecule has 1 fully saturated rings. The van der Waals surface area contributed by atoms with Crippen molar-refractivity contribution in [3.05, 3.63) is 65.7 Å². The van der Waals surface area contributed by atoms with E-state index in [9.17, 15) is 13.2 Å². The molecule has 1 amide bonds. The van der Waals surface area contributed by atoms with E-state index in [1.54, 1.807) is 42.3 Å². The van der Waals surface area contributed by atoms with Gasteiger partial charge in [0.15, 0.2) is 0 Å². The van der Waals surface area contributed by atoms with Crippen LogP contribution in [0, 0.1) is 0 Å². The molecule has 2 aromatic rings. The number of carbonyl (C=O) groups excluding carboxylic acids is 1. The van der Waals surface area contributed by atoms with E-state index in [0.29, 0.717) is 19.5 Å². The number of amides is 1. The van der Waals surface area contributed by atoms with Crippen LogP contribution in [0.25, 0.3) is 0 Å². The number of sulfonamides is 1. The number of rotatable bonds is 6. The van der Waals surface area contributed by atoms with Gasteiger partial charge < -0.3 is 4.90 Å². The zero-order valence-corrected chi connectivity index (χ0v) is 17.4. The molecule has 1 saturated heterocycles. The Balaban J connectivity index is 1.78. The van der Waals surface area contributed by atoms with E-state index in [1.807, 2.05) is 12.1 Å². The zero-order valence-electron chi connectivity index (χ0n) is 16.5. The molecule has 0 spiro atoms. The first kappa shape index (κ1) is 20.6. The number of piperidine rings is 1. The molecule has 2 aromatic carbocycles. The molecule has 1 heterocycles. The molecule has 5 nitrogen and oxygen atoms in total. The summed E-state index contributed by atoms with van der Waals surface area (Å²) in [7, 11) is -1.94. The Morgan fingerprint density at radius 2 is 1.68 bits per heavy atom. The maximum atomic E-state index is 13.1. The molecule has 1 unspecified atom stereocenters. The first-order valence-electron chi connectivity index (χ1n) is 9.83. The van der Waals surface area contributed by atoms with Gasteiger partial charge in [0.25, 0.3) is 0 Å². The van der Waals surface area contributed by atoms with Crippen LogP contribution < -0.4 is 0 Å². The third-order valence-corrected chi connectivity index (χ3v) is 7.24. The predicted molar refractivity (Wildman–Crippen MR) is 110 cm³/mol. The van der Waals surface area contributed by atoms with Crippen molar-refractivity contribution in [2.45, 2.75) is 50.1 Å². The van der Waals surface area contributed by atoms with Gasteiger partial charge in [0, 0.05) is 20.1 Å². The summed E-state index contributed by atoms with van der Waals surface area (Å²) in [6.07, 6.45) is 3.17. The van der Waals surface area contributed by atoms with Gasteiger partial charge in [-0.3, -0.25) is 4.79 Å². The lowest BCUT2D eigenvalue weighted by atomic mass is 10.0. The van der Waals surface area contributed by atoms with E-state index in [4.69, 9.17) is 0 Å². The average Bonchev–Trinajstić information content (AvgIpc) is 2.74. The van der Waals surface area contributed by atoms with Gasteiger partial charge in [-0.2, -0.15) is 4.31 Å². The SMILES string of the molecule is CCc1ccc(CN(C)C(=O)C2CCCCN2S(=O)(=O)c2ccccc2)cc1. The molecular weight excluding hydrogens is 372 g/mol. The molecule has 6 heteroatoms. The summed E-state index contributed by atoms with van der Waals surface area (Å²) in [4.78, 5) is 15.0. The minimum atomic E-state index is -3.69. The van der Waals surface area contributed by atoms with Gasteiger partial charge in [-0.1, -0.05) is 55.8 Å². The summed E-state index contributed by atoms with van der Waals surface area (Å²) in [6.45, 7) is 2.96. The quantitative estimate of drug-likeness (QED) is 0.746. The predicted octanol–water partition coefficient (Wildman–Crippen LogP) is 3.45. The molecule has 28 heavy (non-hydrogen) atoms.